The van der Waals surface area contributed by atoms with Gasteiger partial charge in [-0.05, 0) is 66.3 Å². The Morgan fingerprint density at radius 3 is 2.81 bits per heavy atom. The summed E-state index contributed by atoms with van der Waals surface area (Å²) in [7, 11) is 0. The lowest BCUT2D eigenvalue weighted by molar-refractivity contribution is -0.133. The molecule has 0 radical (unpaired) electrons. The molecule has 4 heteroatoms. The number of hydrogen-bond acceptors (Lipinski definition) is 3. The van der Waals surface area contributed by atoms with Crippen molar-refractivity contribution in [2.75, 3.05) is 6.54 Å². The van der Waals surface area contributed by atoms with Crippen molar-refractivity contribution in [3.63, 3.8) is 0 Å². The molecule has 0 aliphatic carbocycles. The maximum Gasteiger partial charge on any atom is 0.223 e. The zero-order chi connectivity index (χ0) is 18.1. The Morgan fingerprint density at radius 1 is 1.15 bits per heavy atom. The molecule has 2 aromatic heterocycles. The van der Waals surface area contributed by atoms with Crippen molar-refractivity contribution < 1.29 is 4.79 Å². The second kappa shape index (κ2) is 7.37. The lowest BCUT2D eigenvalue weighted by Crippen LogP contribution is -2.39. The Hall–Kier alpha value is -1.91. The van der Waals surface area contributed by atoms with Crippen LogP contribution in [0.25, 0.3) is 0 Å². The van der Waals surface area contributed by atoms with E-state index in [0.717, 1.165) is 19.4 Å². The molecular weight excluding hydrogens is 358 g/mol. The lowest BCUT2D eigenvalue weighted by atomic mass is 9.97. The number of fused-ring (bicyclic) bond motifs is 1. The van der Waals surface area contributed by atoms with E-state index in [4.69, 9.17) is 0 Å². The molecule has 134 valence electrons. The number of rotatable bonds is 4. The fourth-order valence-corrected chi connectivity index (χ4v) is 5.61. The molecule has 1 aromatic carbocycles. The third-order valence-electron chi connectivity index (χ3n) is 5.21. The van der Waals surface area contributed by atoms with E-state index in [1.54, 1.807) is 11.3 Å². The van der Waals surface area contributed by atoms with Crippen molar-refractivity contribution in [1.29, 1.82) is 0 Å². The van der Waals surface area contributed by atoms with Crippen molar-refractivity contribution in [3.8, 4) is 0 Å². The second-order valence-corrected chi connectivity index (χ2v) is 8.96. The number of carbonyl (C=O) groups is 1. The van der Waals surface area contributed by atoms with E-state index in [1.165, 1.54) is 32.0 Å². The third kappa shape index (κ3) is 3.36. The number of aryl methyl sites for hydroxylation is 3. The molecule has 1 aliphatic rings. The predicted octanol–water partition coefficient (Wildman–Crippen LogP) is 5.53. The smallest absolute Gasteiger partial charge is 0.223 e. The molecule has 3 heterocycles. The van der Waals surface area contributed by atoms with Crippen molar-refractivity contribution in [2.24, 2.45) is 0 Å². The van der Waals surface area contributed by atoms with Gasteiger partial charge in [0.2, 0.25) is 5.91 Å². The molecule has 26 heavy (non-hydrogen) atoms. The topological polar surface area (TPSA) is 20.3 Å². The minimum atomic E-state index is 0.0941. The molecule has 1 atom stereocenters. The standard InChI is InChI=1S/C22H23NOS2/c1-15-5-6-17(16(2)14-15)7-8-21(24)23-11-9-19-18(10-13-26-19)22(23)20-4-3-12-25-20/h3-6,10,12-14,22H,7-9,11H2,1-2H3. The molecule has 0 bridgehead atoms. The maximum absolute atomic E-state index is 13.1. The summed E-state index contributed by atoms with van der Waals surface area (Å²) in [5, 5.41) is 4.27. The largest absolute Gasteiger partial charge is 0.330 e. The van der Waals surface area contributed by atoms with Crippen LogP contribution in [-0.4, -0.2) is 17.4 Å². The SMILES string of the molecule is Cc1ccc(CCC(=O)N2CCc3sccc3C2c2cccs2)c(C)c1. The highest BCUT2D eigenvalue weighted by Crippen LogP contribution is 2.39. The van der Waals surface area contributed by atoms with Crippen LogP contribution in [0.2, 0.25) is 0 Å². The van der Waals surface area contributed by atoms with Gasteiger partial charge in [0.1, 0.15) is 0 Å². The Bertz CT molecular complexity index is 910. The lowest BCUT2D eigenvalue weighted by Gasteiger charge is -2.35. The first-order chi connectivity index (χ1) is 12.6. The van der Waals surface area contributed by atoms with Crippen LogP contribution in [0.5, 0.6) is 0 Å². The quantitative estimate of drug-likeness (QED) is 0.581. The van der Waals surface area contributed by atoms with Crippen molar-refractivity contribution in [2.45, 2.75) is 39.2 Å². The van der Waals surface area contributed by atoms with Crippen molar-refractivity contribution in [3.05, 3.63) is 79.2 Å². The first-order valence-electron chi connectivity index (χ1n) is 9.09. The number of thiophene rings is 2. The molecule has 4 rings (SSSR count). The van der Waals surface area contributed by atoms with Crippen LogP contribution >= 0.6 is 22.7 Å². The Kier molecular flexibility index (Phi) is 4.96. The van der Waals surface area contributed by atoms with Gasteiger partial charge in [-0.2, -0.15) is 0 Å². The molecular formula is C22H23NOS2. The maximum atomic E-state index is 13.1. The summed E-state index contributed by atoms with van der Waals surface area (Å²) in [5.74, 6) is 0.264. The van der Waals surface area contributed by atoms with Crippen LogP contribution in [0.4, 0.5) is 0 Å². The van der Waals surface area contributed by atoms with E-state index in [-0.39, 0.29) is 11.9 Å². The number of nitrogens with zero attached hydrogens (tertiary/aromatic N) is 1. The third-order valence-corrected chi connectivity index (χ3v) is 7.13. The fourth-order valence-electron chi connectivity index (χ4n) is 3.85. The molecule has 0 spiro atoms. The number of carbonyl (C=O) groups excluding carboxylic acids is 1. The van der Waals surface area contributed by atoms with E-state index in [0.29, 0.717) is 6.42 Å². The molecule has 0 saturated carbocycles. The minimum absolute atomic E-state index is 0.0941. The summed E-state index contributed by atoms with van der Waals surface area (Å²) in [6, 6.07) is 13.0. The van der Waals surface area contributed by atoms with Gasteiger partial charge in [-0.1, -0.05) is 29.8 Å². The zero-order valence-corrected chi connectivity index (χ0v) is 16.8. The fraction of sp³-hybridized carbons (Fsp3) is 0.318. The summed E-state index contributed by atoms with van der Waals surface area (Å²) < 4.78 is 0. The van der Waals surface area contributed by atoms with E-state index in [1.807, 2.05) is 11.3 Å². The monoisotopic (exact) mass is 381 g/mol. The molecule has 0 N–H and O–H groups in total. The van der Waals surface area contributed by atoms with Gasteiger partial charge in [-0.25, -0.2) is 0 Å². The van der Waals surface area contributed by atoms with Crippen LogP contribution < -0.4 is 0 Å². The first kappa shape index (κ1) is 17.5. The Labute approximate surface area is 163 Å². The number of benzene rings is 1. The Morgan fingerprint density at radius 2 is 2.04 bits per heavy atom. The molecule has 0 saturated heterocycles. The van der Waals surface area contributed by atoms with Crippen molar-refractivity contribution >= 4 is 28.6 Å². The van der Waals surface area contributed by atoms with E-state index < -0.39 is 0 Å². The number of amides is 1. The molecule has 3 aromatic rings. The van der Waals surface area contributed by atoms with Crippen LogP contribution in [0.3, 0.4) is 0 Å². The van der Waals surface area contributed by atoms with Gasteiger partial charge >= 0.3 is 0 Å². The van der Waals surface area contributed by atoms with Crippen LogP contribution in [-0.2, 0) is 17.6 Å². The zero-order valence-electron chi connectivity index (χ0n) is 15.2. The summed E-state index contributed by atoms with van der Waals surface area (Å²) in [4.78, 5) is 17.9. The molecule has 1 amide bonds. The van der Waals surface area contributed by atoms with Gasteiger partial charge in [0.05, 0.1) is 6.04 Å². The highest BCUT2D eigenvalue weighted by Gasteiger charge is 2.33. The highest BCUT2D eigenvalue weighted by molar-refractivity contribution is 7.10. The van der Waals surface area contributed by atoms with Crippen LogP contribution in [0, 0.1) is 13.8 Å². The normalized spacial score (nSPS) is 16.5. The van der Waals surface area contributed by atoms with E-state index >= 15 is 0 Å². The summed E-state index contributed by atoms with van der Waals surface area (Å²) >= 11 is 3.57. The molecule has 1 aliphatic heterocycles. The summed E-state index contributed by atoms with van der Waals surface area (Å²) in [6.45, 7) is 5.07. The molecule has 1 unspecified atom stereocenters. The van der Waals surface area contributed by atoms with Gasteiger partial charge in [-0.15, -0.1) is 22.7 Å². The van der Waals surface area contributed by atoms with Crippen LogP contribution in [0.15, 0.2) is 47.2 Å². The van der Waals surface area contributed by atoms with Gasteiger partial charge < -0.3 is 4.90 Å². The highest BCUT2D eigenvalue weighted by atomic mass is 32.1. The Balaban J connectivity index is 1.55. The number of hydrogen-bond donors (Lipinski definition) is 0. The van der Waals surface area contributed by atoms with Gasteiger partial charge in [0.25, 0.3) is 0 Å². The van der Waals surface area contributed by atoms with E-state index in [2.05, 4.69) is 65.9 Å². The van der Waals surface area contributed by atoms with Gasteiger partial charge in [-0.3, -0.25) is 4.79 Å². The summed E-state index contributed by atoms with van der Waals surface area (Å²) in [6.07, 6.45) is 2.37. The van der Waals surface area contributed by atoms with Crippen molar-refractivity contribution in [1.82, 2.24) is 4.90 Å². The second-order valence-electron chi connectivity index (χ2n) is 6.98. The van der Waals surface area contributed by atoms with E-state index in [9.17, 15) is 4.79 Å². The average Bonchev–Trinajstić information content (AvgIpc) is 3.31. The predicted molar refractivity (Wildman–Crippen MR) is 110 cm³/mol. The molecule has 2 nitrogen and oxygen atoms in total. The molecule has 0 fully saturated rings. The first-order valence-corrected chi connectivity index (χ1v) is 10.8. The van der Waals surface area contributed by atoms with Crippen LogP contribution in [0.1, 0.15) is 44.5 Å². The van der Waals surface area contributed by atoms with Gasteiger partial charge in [0, 0.05) is 22.7 Å². The minimum Gasteiger partial charge on any atom is -0.330 e. The average molecular weight is 382 g/mol. The van der Waals surface area contributed by atoms with Gasteiger partial charge in [0.15, 0.2) is 0 Å². The summed E-state index contributed by atoms with van der Waals surface area (Å²) in [5.41, 5.74) is 5.16.